The number of aromatic nitrogens is 2. The van der Waals surface area contributed by atoms with E-state index >= 15 is 0 Å². The molecule has 0 spiro atoms. The fourth-order valence-corrected chi connectivity index (χ4v) is 1.35. The number of rotatable bonds is 4. The first-order chi connectivity index (χ1) is 7.75. The Morgan fingerprint density at radius 1 is 1.25 bits per heavy atom. The van der Waals surface area contributed by atoms with Gasteiger partial charge in [-0.05, 0) is 30.2 Å². The Balaban J connectivity index is 2.05. The molecule has 4 nitrogen and oxygen atoms in total. The molecule has 2 rings (SSSR count). The molecule has 0 saturated carbocycles. The molecule has 0 radical (unpaired) electrons. The molecule has 1 N–H and O–H groups in total. The second kappa shape index (κ2) is 4.79. The molecule has 0 unspecified atom stereocenters. The molecule has 2 aromatic rings. The van der Waals surface area contributed by atoms with E-state index in [9.17, 15) is 0 Å². The van der Waals surface area contributed by atoms with Gasteiger partial charge in [-0.15, -0.1) is 10.2 Å². The number of nitrogens with zero attached hydrogens (tertiary/aromatic N) is 2. The van der Waals surface area contributed by atoms with Crippen molar-refractivity contribution in [3.05, 3.63) is 30.7 Å². The average molecular weight is 217 g/mol. The standard InChI is InChI=1S/C12H15N3O/c1-9(2)7-13-11-5-3-10(4-6-11)12-15-14-8-16-12/h3-6,8-9,13H,7H2,1-2H3. The third kappa shape index (κ3) is 2.59. The van der Waals surface area contributed by atoms with Gasteiger partial charge in [0.2, 0.25) is 12.3 Å². The second-order valence-electron chi connectivity index (χ2n) is 4.10. The third-order valence-corrected chi connectivity index (χ3v) is 2.21. The van der Waals surface area contributed by atoms with Crippen molar-refractivity contribution in [2.45, 2.75) is 13.8 Å². The summed E-state index contributed by atoms with van der Waals surface area (Å²) in [4.78, 5) is 0. The third-order valence-electron chi connectivity index (χ3n) is 2.21. The maximum atomic E-state index is 5.11. The Morgan fingerprint density at radius 3 is 2.56 bits per heavy atom. The zero-order chi connectivity index (χ0) is 11.4. The number of hydrogen-bond donors (Lipinski definition) is 1. The molecule has 84 valence electrons. The smallest absolute Gasteiger partial charge is 0.247 e. The lowest BCUT2D eigenvalue weighted by Crippen LogP contribution is -2.07. The van der Waals surface area contributed by atoms with Crippen molar-refractivity contribution in [2.75, 3.05) is 11.9 Å². The van der Waals surface area contributed by atoms with Gasteiger partial charge in [0.1, 0.15) is 0 Å². The summed E-state index contributed by atoms with van der Waals surface area (Å²) >= 11 is 0. The molecule has 0 aliphatic heterocycles. The first-order valence-corrected chi connectivity index (χ1v) is 5.36. The van der Waals surface area contributed by atoms with Gasteiger partial charge in [0.15, 0.2) is 0 Å². The normalized spacial score (nSPS) is 10.7. The molecule has 0 bridgehead atoms. The van der Waals surface area contributed by atoms with Crippen LogP contribution in [0.2, 0.25) is 0 Å². The highest BCUT2D eigenvalue weighted by Gasteiger charge is 2.02. The molecule has 16 heavy (non-hydrogen) atoms. The number of anilines is 1. The summed E-state index contributed by atoms with van der Waals surface area (Å²) < 4.78 is 5.11. The minimum absolute atomic E-state index is 0.551. The highest BCUT2D eigenvalue weighted by molar-refractivity contribution is 5.57. The van der Waals surface area contributed by atoms with Crippen molar-refractivity contribution < 1.29 is 4.42 Å². The van der Waals surface area contributed by atoms with E-state index in [-0.39, 0.29) is 0 Å². The van der Waals surface area contributed by atoms with Gasteiger partial charge in [0.05, 0.1) is 0 Å². The summed E-state index contributed by atoms with van der Waals surface area (Å²) in [6.07, 6.45) is 1.33. The summed E-state index contributed by atoms with van der Waals surface area (Å²) in [5.74, 6) is 1.19. The number of hydrogen-bond acceptors (Lipinski definition) is 4. The van der Waals surface area contributed by atoms with Crippen molar-refractivity contribution in [3.8, 4) is 11.5 Å². The van der Waals surface area contributed by atoms with E-state index in [2.05, 4.69) is 29.4 Å². The summed E-state index contributed by atoms with van der Waals surface area (Å²) in [5, 5.41) is 10.9. The Hall–Kier alpha value is -1.84. The molecule has 0 amide bonds. The van der Waals surface area contributed by atoms with Crippen LogP contribution in [0.4, 0.5) is 5.69 Å². The first kappa shape index (κ1) is 10.7. The van der Waals surface area contributed by atoms with Crippen molar-refractivity contribution in [1.29, 1.82) is 0 Å². The van der Waals surface area contributed by atoms with Crippen LogP contribution in [-0.2, 0) is 0 Å². The van der Waals surface area contributed by atoms with Crippen LogP contribution in [0.25, 0.3) is 11.5 Å². The Morgan fingerprint density at radius 2 is 2.00 bits per heavy atom. The highest BCUT2D eigenvalue weighted by Crippen LogP contribution is 2.18. The minimum atomic E-state index is 0.551. The predicted molar refractivity (Wildman–Crippen MR) is 63.1 cm³/mol. The highest BCUT2D eigenvalue weighted by atomic mass is 16.4. The Labute approximate surface area is 94.7 Å². The lowest BCUT2D eigenvalue weighted by Gasteiger charge is -2.08. The zero-order valence-electron chi connectivity index (χ0n) is 9.47. The van der Waals surface area contributed by atoms with Gasteiger partial charge in [0.25, 0.3) is 0 Å². The van der Waals surface area contributed by atoms with Crippen LogP contribution in [0.15, 0.2) is 35.1 Å². The van der Waals surface area contributed by atoms with E-state index < -0.39 is 0 Å². The molecule has 1 aromatic carbocycles. The quantitative estimate of drug-likeness (QED) is 0.855. The Bertz CT molecular complexity index is 420. The van der Waals surface area contributed by atoms with Crippen molar-refractivity contribution >= 4 is 5.69 Å². The lowest BCUT2D eigenvalue weighted by molar-refractivity contribution is 0.568. The summed E-state index contributed by atoms with van der Waals surface area (Å²) in [6, 6.07) is 7.97. The second-order valence-corrected chi connectivity index (χ2v) is 4.10. The fraction of sp³-hybridized carbons (Fsp3) is 0.333. The maximum absolute atomic E-state index is 5.11. The van der Waals surface area contributed by atoms with E-state index in [1.165, 1.54) is 6.39 Å². The van der Waals surface area contributed by atoms with Gasteiger partial charge in [0, 0.05) is 17.8 Å². The van der Waals surface area contributed by atoms with Gasteiger partial charge in [-0.3, -0.25) is 0 Å². The molecular weight excluding hydrogens is 202 g/mol. The molecule has 0 aliphatic carbocycles. The fourth-order valence-electron chi connectivity index (χ4n) is 1.35. The van der Waals surface area contributed by atoms with Crippen LogP contribution in [-0.4, -0.2) is 16.7 Å². The monoisotopic (exact) mass is 217 g/mol. The van der Waals surface area contributed by atoms with Crippen LogP contribution in [0.3, 0.4) is 0 Å². The summed E-state index contributed by atoms with van der Waals surface area (Å²) in [5.41, 5.74) is 2.05. The van der Waals surface area contributed by atoms with Crippen LogP contribution < -0.4 is 5.32 Å². The predicted octanol–water partition coefficient (Wildman–Crippen LogP) is 2.80. The molecule has 1 heterocycles. The molecule has 0 saturated heterocycles. The summed E-state index contributed by atoms with van der Waals surface area (Å²) in [7, 11) is 0. The van der Waals surface area contributed by atoms with Gasteiger partial charge < -0.3 is 9.73 Å². The van der Waals surface area contributed by atoms with E-state index in [1.807, 2.05) is 24.3 Å². The van der Waals surface area contributed by atoms with Crippen molar-refractivity contribution in [3.63, 3.8) is 0 Å². The largest absolute Gasteiger partial charge is 0.423 e. The van der Waals surface area contributed by atoms with Gasteiger partial charge in [-0.1, -0.05) is 13.8 Å². The maximum Gasteiger partial charge on any atom is 0.247 e. The Kier molecular flexibility index (Phi) is 3.19. The van der Waals surface area contributed by atoms with E-state index in [1.54, 1.807) is 0 Å². The lowest BCUT2D eigenvalue weighted by atomic mass is 10.2. The first-order valence-electron chi connectivity index (χ1n) is 5.36. The van der Waals surface area contributed by atoms with E-state index in [0.717, 1.165) is 17.8 Å². The van der Waals surface area contributed by atoms with Crippen LogP contribution in [0.5, 0.6) is 0 Å². The minimum Gasteiger partial charge on any atom is -0.423 e. The molecular formula is C12H15N3O. The van der Waals surface area contributed by atoms with Crippen molar-refractivity contribution in [1.82, 2.24) is 10.2 Å². The molecule has 4 heteroatoms. The summed E-state index contributed by atoms with van der Waals surface area (Å²) in [6.45, 7) is 5.33. The topological polar surface area (TPSA) is 51.0 Å². The van der Waals surface area contributed by atoms with Crippen LogP contribution in [0.1, 0.15) is 13.8 Å². The molecule has 0 fully saturated rings. The molecule has 1 aromatic heterocycles. The molecule has 0 aliphatic rings. The van der Waals surface area contributed by atoms with Crippen LogP contribution in [0, 0.1) is 5.92 Å². The zero-order valence-corrected chi connectivity index (χ0v) is 9.47. The van der Waals surface area contributed by atoms with Crippen molar-refractivity contribution in [2.24, 2.45) is 5.92 Å². The van der Waals surface area contributed by atoms with E-state index in [0.29, 0.717) is 11.8 Å². The SMILES string of the molecule is CC(C)CNc1ccc(-c2nnco2)cc1. The van der Waals surface area contributed by atoms with Gasteiger partial charge >= 0.3 is 0 Å². The molecule has 0 atom stereocenters. The van der Waals surface area contributed by atoms with Crippen LogP contribution >= 0.6 is 0 Å². The van der Waals surface area contributed by atoms with E-state index in [4.69, 9.17) is 4.42 Å². The average Bonchev–Trinajstić information content (AvgIpc) is 2.80. The van der Waals surface area contributed by atoms with Gasteiger partial charge in [-0.25, -0.2) is 0 Å². The number of benzene rings is 1. The number of nitrogens with one attached hydrogen (secondary N) is 1. The van der Waals surface area contributed by atoms with Gasteiger partial charge in [-0.2, -0.15) is 0 Å².